The molecule has 15 heteroatoms. The van der Waals surface area contributed by atoms with E-state index in [9.17, 15) is 26.4 Å². The summed E-state index contributed by atoms with van der Waals surface area (Å²) in [4.78, 5) is 23.2. The minimum absolute atomic E-state index is 0.0627. The number of anilines is 4. The van der Waals surface area contributed by atoms with Gasteiger partial charge in [0.1, 0.15) is 17.1 Å². The molecule has 1 fully saturated rings. The smallest absolute Gasteiger partial charge is 0.421 e. The van der Waals surface area contributed by atoms with Gasteiger partial charge in [-0.15, -0.1) is 0 Å². The number of amides is 1. The third-order valence-corrected chi connectivity index (χ3v) is 8.17. The molecule has 0 spiro atoms. The van der Waals surface area contributed by atoms with Crippen LogP contribution in [0, 0.1) is 13.8 Å². The number of rotatable bonds is 10. The topological polar surface area (TPSA) is 129 Å². The molecule has 238 valence electrons. The Hall–Kier alpha value is -4.11. The van der Waals surface area contributed by atoms with Crippen molar-refractivity contribution in [1.82, 2.24) is 20.2 Å². The first-order valence-corrected chi connectivity index (χ1v) is 15.0. The molecule has 11 nitrogen and oxygen atoms in total. The molecule has 1 saturated heterocycles. The molecule has 2 aromatic carbocycles. The largest absolute Gasteiger partial charge is 0.495 e. The Morgan fingerprint density at radius 1 is 1.16 bits per heavy atom. The van der Waals surface area contributed by atoms with Gasteiger partial charge in [0, 0.05) is 31.4 Å². The molecule has 0 bridgehead atoms. The number of hydrogen-bond acceptors (Lipinski definition) is 9. The number of likely N-dealkylation sites (tertiary alicyclic amines) is 1. The molecule has 4 rings (SSSR count). The second-order valence-corrected chi connectivity index (χ2v) is 11.8. The van der Waals surface area contributed by atoms with E-state index >= 15 is 0 Å². The third kappa shape index (κ3) is 7.88. The molecule has 0 atom stereocenters. The summed E-state index contributed by atoms with van der Waals surface area (Å²) in [6.07, 6.45) is -2.40. The molecule has 1 amide bonds. The van der Waals surface area contributed by atoms with E-state index in [0.29, 0.717) is 34.3 Å². The van der Waals surface area contributed by atoms with Crippen molar-refractivity contribution in [2.45, 2.75) is 45.5 Å². The normalized spacial score (nSPS) is 14.4. The number of nitrogens with one attached hydrogen (secondary N) is 3. The summed E-state index contributed by atoms with van der Waals surface area (Å²) in [5, 5.41) is 8.68. The van der Waals surface area contributed by atoms with Crippen LogP contribution in [0.1, 0.15) is 45.5 Å². The number of aryl methyl sites for hydroxylation is 2. The van der Waals surface area contributed by atoms with E-state index in [1.807, 2.05) is 7.05 Å². The number of methoxy groups -OCH3 is 1. The number of benzene rings is 2. The number of ether oxygens (including phenoxy) is 1. The van der Waals surface area contributed by atoms with E-state index in [4.69, 9.17) is 4.74 Å². The number of halogens is 3. The molecule has 1 aliphatic heterocycles. The Balaban J connectivity index is 1.59. The van der Waals surface area contributed by atoms with Crippen molar-refractivity contribution in [1.29, 1.82) is 0 Å². The Morgan fingerprint density at radius 2 is 1.86 bits per heavy atom. The van der Waals surface area contributed by atoms with Crippen molar-refractivity contribution in [3.63, 3.8) is 0 Å². The first-order valence-electron chi connectivity index (χ1n) is 13.9. The summed E-state index contributed by atoms with van der Waals surface area (Å²) in [5.74, 6) is -0.603. The zero-order chi connectivity index (χ0) is 32.2. The van der Waals surface area contributed by atoms with E-state index in [-0.39, 0.29) is 30.2 Å². The molecular formula is C29H36F3N7O4S. The molecule has 1 aliphatic rings. The highest BCUT2D eigenvalue weighted by Crippen LogP contribution is 2.36. The lowest BCUT2D eigenvalue weighted by Crippen LogP contribution is -2.43. The zero-order valence-electron chi connectivity index (χ0n) is 25.1. The van der Waals surface area contributed by atoms with Crippen LogP contribution in [-0.2, 0) is 23.6 Å². The molecular weight excluding hydrogens is 599 g/mol. The van der Waals surface area contributed by atoms with E-state index < -0.39 is 28.4 Å². The van der Waals surface area contributed by atoms with Gasteiger partial charge in [-0.25, -0.2) is 13.4 Å². The molecule has 1 aromatic heterocycles. The summed E-state index contributed by atoms with van der Waals surface area (Å²) >= 11 is 0. The van der Waals surface area contributed by atoms with Gasteiger partial charge in [0.05, 0.1) is 18.5 Å². The standard InChI is InChI=1S/C29H36F3N7O4S/c1-17-6-7-19(24(12-17)39(4)44(41)42)15-33-26-22(29(30,31)32)16-34-28(37-26)36-23-13-18(2)21(14-25(23)43-5)27(40)35-20-8-10-38(3)11-9-20/h6-7,12-14,16,20,44H,8-11,15H2,1-5H3,(H,35,40)(H2,33,34,36,37). The third-order valence-electron chi connectivity index (χ3n) is 7.47. The maximum atomic E-state index is 13.9. The van der Waals surface area contributed by atoms with Crippen molar-refractivity contribution in [3.8, 4) is 5.75 Å². The number of hydrogen-bond donors (Lipinski definition) is 4. The molecule has 44 heavy (non-hydrogen) atoms. The van der Waals surface area contributed by atoms with Gasteiger partial charge in [-0.1, -0.05) is 12.1 Å². The molecule has 3 N–H and O–H groups in total. The first-order chi connectivity index (χ1) is 20.8. The van der Waals surface area contributed by atoms with E-state index in [1.165, 1.54) is 14.2 Å². The Labute approximate surface area is 255 Å². The number of aromatic nitrogens is 2. The fourth-order valence-corrected chi connectivity index (χ4v) is 5.27. The number of carbonyl (C=O) groups excluding carboxylic acids is 1. The second kappa shape index (κ2) is 13.7. The SMILES string of the molecule is COc1cc(C(=O)NC2CCN(C)CC2)c(C)cc1Nc1ncc(C(F)(F)F)c(NCc2ccc(C)cc2N(C)[SH](=O)=O)n1. The zero-order valence-corrected chi connectivity index (χ0v) is 26.0. The predicted octanol–water partition coefficient (Wildman–Crippen LogP) is 4.26. The number of carbonyl (C=O) groups is 1. The van der Waals surface area contributed by atoms with Gasteiger partial charge in [-0.05, 0) is 81.7 Å². The van der Waals surface area contributed by atoms with Gasteiger partial charge >= 0.3 is 6.18 Å². The van der Waals surface area contributed by atoms with Gasteiger partial charge in [0.25, 0.3) is 5.91 Å². The van der Waals surface area contributed by atoms with Crippen LogP contribution >= 0.6 is 0 Å². The molecule has 0 aliphatic carbocycles. The van der Waals surface area contributed by atoms with Crippen molar-refractivity contribution >= 4 is 39.9 Å². The number of piperidine rings is 1. The van der Waals surface area contributed by atoms with Crippen molar-refractivity contribution in [2.24, 2.45) is 0 Å². The maximum Gasteiger partial charge on any atom is 0.421 e. The summed E-state index contributed by atoms with van der Waals surface area (Å²) in [6.45, 7) is 5.17. The summed E-state index contributed by atoms with van der Waals surface area (Å²) < 4.78 is 71.4. The molecule has 0 saturated carbocycles. The lowest BCUT2D eigenvalue weighted by atomic mass is 10.0. The van der Waals surface area contributed by atoms with Gasteiger partial charge in [0.2, 0.25) is 16.8 Å². The van der Waals surface area contributed by atoms with Crippen LogP contribution in [0.5, 0.6) is 5.75 Å². The average Bonchev–Trinajstić information content (AvgIpc) is 2.96. The van der Waals surface area contributed by atoms with E-state index in [0.717, 1.165) is 35.8 Å². The molecule has 2 heterocycles. The monoisotopic (exact) mass is 635 g/mol. The Bertz CT molecular complexity index is 1580. The predicted molar refractivity (Wildman–Crippen MR) is 163 cm³/mol. The van der Waals surface area contributed by atoms with Crippen LogP contribution < -0.4 is 25.0 Å². The quantitative estimate of drug-likeness (QED) is 0.242. The highest BCUT2D eigenvalue weighted by atomic mass is 32.2. The number of nitrogens with zero attached hydrogens (tertiary/aromatic N) is 4. The van der Waals surface area contributed by atoms with E-state index in [1.54, 1.807) is 44.2 Å². The van der Waals surface area contributed by atoms with Crippen LogP contribution in [0.2, 0.25) is 0 Å². The molecule has 0 radical (unpaired) electrons. The fraction of sp³-hybridized carbons (Fsp3) is 0.414. The number of thiol groups is 1. The number of alkyl halides is 3. The van der Waals surface area contributed by atoms with Crippen molar-refractivity contribution in [3.05, 3.63) is 64.3 Å². The lowest BCUT2D eigenvalue weighted by Gasteiger charge is -2.29. The minimum atomic E-state index is -4.76. The summed E-state index contributed by atoms with van der Waals surface area (Å²) in [6, 6.07) is 8.28. The fourth-order valence-electron chi connectivity index (χ4n) is 4.91. The second-order valence-electron chi connectivity index (χ2n) is 10.7. The average molecular weight is 636 g/mol. The highest BCUT2D eigenvalue weighted by Gasteiger charge is 2.35. The molecule has 3 aromatic rings. The van der Waals surface area contributed by atoms with Crippen molar-refractivity contribution < 1.29 is 31.1 Å². The maximum absolute atomic E-state index is 13.9. The summed E-state index contributed by atoms with van der Waals surface area (Å²) in [5.41, 5.74) is 1.86. The Morgan fingerprint density at radius 3 is 2.50 bits per heavy atom. The van der Waals surface area contributed by atoms with Crippen molar-refractivity contribution in [2.75, 3.05) is 49.2 Å². The molecule has 0 unspecified atom stereocenters. The van der Waals surface area contributed by atoms with Gasteiger partial charge in [-0.3, -0.25) is 9.10 Å². The minimum Gasteiger partial charge on any atom is -0.495 e. The van der Waals surface area contributed by atoms with Crippen LogP contribution in [-0.4, -0.2) is 69.5 Å². The van der Waals surface area contributed by atoms with Gasteiger partial charge in [-0.2, -0.15) is 18.2 Å². The van der Waals surface area contributed by atoms with Crippen LogP contribution in [0.15, 0.2) is 36.5 Å². The van der Waals surface area contributed by atoms with Gasteiger partial charge in [0.15, 0.2) is 0 Å². The van der Waals surface area contributed by atoms with Crippen LogP contribution in [0.4, 0.5) is 36.3 Å². The first kappa shape index (κ1) is 32.8. The lowest BCUT2D eigenvalue weighted by molar-refractivity contribution is -0.137. The van der Waals surface area contributed by atoms with Crippen LogP contribution in [0.25, 0.3) is 0 Å². The highest BCUT2D eigenvalue weighted by molar-refractivity contribution is 7.74. The Kier molecular flexibility index (Phi) is 10.2. The summed E-state index contributed by atoms with van der Waals surface area (Å²) in [7, 11) is 1.86. The van der Waals surface area contributed by atoms with E-state index in [2.05, 4.69) is 30.8 Å². The van der Waals surface area contributed by atoms with Gasteiger partial charge < -0.3 is 25.6 Å². The van der Waals surface area contributed by atoms with Crippen LogP contribution in [0.3, 0.4) is 0 Å².